The van der Waals surface area contributed by atoms with Crippen molar-refractivity contribution in [2.75, 3.05) is 4.90 Å². The number of aromatic nitrogens is 1. The molecule has 0 fully saturated rings. The maximum atomic E-state index is 13.3. The van der Waals surface area contributed by atoms with Crippen LogP contribution in [0.1, 0.15) is 22.9 Å². The molecule has 0 radical (unpaired) electrons. The number of nitrogens with one attached hydrogen (secondary N) is 1. The summed E-state index contributed by atoms with van der Waals surface area (Å²) in [4.78, 5) is 4.85. The molecule has 1 aromatic heterocycles. The van der Waals surface area contributed by atoms with Crippen molar-refractivity contribution in [3.05, 3.63) is 108 Å². The molecule has 0 saturated heterocycles. The molecule has 0 saturated carbocycles. The molecule has 2 heterocycles. The summed E-state index contributed by atoms with van der Waals surface area (Å²) in [6, 6.07) is 18.5. The number of aryl methyl sites for hydroxylation is 1. The summed E-state index contributed by atoms with van der Waals surface area (Å²) in [6.07, 6.45) is 1.14. The van der Waals surface area contributed by atoms with Crippen LogP contribution in [-0.2, 0) is 6.61 Å². The van der Waals surface area contributed by atoms with Crippen LogP contribution in [0.2, 0.25) is 0 Å². The van der Waals surface area contributed by atoms with Crippen LogP contribution in [0.3, 0.4) is 0 Å². The van der Waals surface area contributed by atoms with E-state index in [4.69, 9.17) is 4.74 Å². The number of benzene rings is 2. The van der Waals surface area contributed by atoms with E-state index in [2.05, 4.69) is 4.98 Å². The molecule has 6 heteroatoms. The average molecular weight is 410 g/mol. The molecular weight excluding hydrogens is 389 g/mol. The summed E-state index contributed by atoms with van der Waals surface area (Å²) in [5.74, 6) is 0.742. The van der Waals surface area contributed by atoms with Crippen molar-refractivity contribution >= 4 is 5.69 Å². The fourth-order valence-corrected chi connectivity index (χ4v) is 3.45. The first-order valence-electron chi connectivity index (χ1n) is 9.58. The summed E-state index contributed by atoms with van der Waals surface area (Å²) in [5, 5.41) is 0. The number of aromatic amines is 1. The van der Waals surface area contributed by atoms with E-state index < -0.39 is 17.8 Å². The Balaban J connectivity index is 1.58. The molecule has 3 aromatic rings. The van der Waals surface area contributed by atoms with Crippen molar-refractivity contribution in [1.29, 1.82) is 0 Å². The zero-order valence-electron chi connectivity index (χ0n) is 16.4. The van der Waals surface area contributed by atoms with E-state index in [1.54, 1.807) is 18.3 Å². The zero-order valence-corrected chi connectivity index (χ0v) is 16.4. The third-order valence-electron chi connectivity index (χ3n) is 5.01. The summed E-state index contributed by atoms with van der Waals surface area (Å²) in [7, 11) is 0. The molecule has 30 heavy (non-hydrogen) atoms. The lowest BCUT2D eigenvalue weighted by atomic mass is 10.0. The molecule has 1 unspecified atom stereocenters. The third kappa shape index (κ3) is 4.27. The Morgan fingerprint density at radius 2 is 1.83 bits per heavy atom. The highest BCUT2D eigenvalue weighted by Crippen LogP contribution is 2.38. The number of H-pyrrole nitrogens is 1. The van der Waals surface area contributed by atoms with Gasteiger partial charge in [-0.15, -0.1) is 0 Å². The highest BCUT2D eigenvalue weighted by atomic mass is 19.4. The molecule has 2 aromatic carbocycles. The Labute approximate surface area is 173 Å². The van der Waals surface area contributed by atoms with Crippen molar-refractivity contribution in [1.82, 2.24) is 4.98 Å². The Bertz CT molecular complexity index is 1050. The number of ether oxygens (including phenoxy) is 1. The molecule has 4 rings (SSSR count). The average Bonchev–Trinajstić information content (AvgIpc) is 3.27. The first kappa shape index (κ1) is 19.9. The molecule has 0 spiro atoms. The standard InChI is InChI=1S/C24H21F3N2O/c1-17-14-20(9-10-23(17)30-16-18-6-3-2-4-7-18)29-13-11-19(24(25,26)27)15-22(29)21-8-5-12-28-21/h2-15,22,28H,16H2,1H3. The number of hydrogen-bond acceptors (Lipinski definition) is 2. The minimum atomic E-state index is -4.39. The number of alkyl halides is 3. The number of anilines is 1. The van der Waals surface area contributed by atoms with Crippen LogP contribution < -0.4 is 9.64 Å². The van der Waals surface area contributed by atoms with Crippen LogP contribution in [0.5, 0.6) is 5.75 Å². The van der Waals surface area contributed by atoms with Gasteiger partial charge in [0.1, 0.15) is 12.4 Å². The Hall–Kier alpha value is -3.41. The highest BCUT2D eigenvalue weighted by Gasteiger charge is 2.35. The molecule has 1 N–H and O–H groups in total. The van der Waals surface area contributed by atoms with Crippen LogP contribution in [0.4, 0.5) is 18.9 Å². The monoisotopic (exact) mass is 410 g/mol. The van der Waals surface area contributed by atoms with Crippen molar-refractivity contribution < 1.29 is 17.9 Å². The van der Waals surface area contributed by atoms with E-state index >= 15 is 0 Å². The van der Waals surface area contributed by atoms with Gasteiger partial charge in [-0.3, -0.25) is 0 Å². The maximum Gasteiger partial charge on any atom is 0.416 e. The Morgan fingerprint density at radius 1 is 1.03 bits per heavy atom. The van der Waals surface area contributed by atoms with Crippen molar-refractivity contribution in [2.24, 2.45) is 0 Å². The van der Waals surface area contributed by atoms with E-state index in [0.29, 0.717) is 12.3 Å². The van der Waals surface area contributed by atoms with Crippen LogP contribution >= 0.6 is 0 Å². The predicted octanol–water partition coefficient (Wildman–Crippen LogP) is 6.47. The van der Waals surface area contributed by atoms with Gasteiger partial charge in [0.05, 0.1) is 11.6 Å². The molecular formula is C24H21F3N2O. The first-order chi connectivity index (χ1) is 14.4. The van der Waals surface area contributed by atoms with Gasteiger partial charge in [0.15, 0.2) is 0 Å². The van der Waals surface area contributed by atoms with Gasteiger partial charge in [0, 0.05) is 23.8 Å². The molecule has 1 atom stereocenters. The lowest BCUT2D eigenvalue weighted by Gasteiger charge is -2.32. The lowest BCUT2D eigenvalue weighted by Crippen LogP contribution is -2.27. The maximum absolute atomic E-state index is 13.3. The van der Waals surface area contributed by atoms with Gasteiger partial charge in [-0.2, -0.15) is 13.2 Å². The Kier molecular flexibility index (Phi) is 5.40. The van der Waals surface area contributed by atoms with E-state index in [1.165, 1.54) is 12.3 Å². The quantitative estimate of drug-likeness (QED) is 0.522. The molecule has 1 aliphatic heterocycles. The number of nitrogens with zero attached hydrogens (tertiary/aromatic N) is 1. The topological polar surface area (TPSA) is 28.3 Å². The minimum Gasteiger partial charge on any atom is -0.489 e. The van der Waals surface area contributed by atoms with Gasteiger partial charge in [-0.25, -0.2) is 0 Å². The number of hydrogen-bond donors (Lipinski definition) is 1. The van der Waals surface area contributed by atoms with E-state index in [0.717, 1.165) is 28.6 Å². The van der Waals surface area contributed by atoms with Gasteiger partial charge in [-0.05, 0) is 60.5 Å². The second-order valence-electron chi connectivity index (χ2n) is 7.14. The SMILES string of the molecule is Cc1cc(N2C=CC(C(F)(F)F)=CC2c2ccc[nH]2)ccc1OCc1ccccc1. The smallest absolute Gasteiger partial charge is 0.416 e. The number of rotatable bonds is 5. The van der Waals surface area contributed by atoms with Gasteiger partial charge in [0.2, 0.25) is 0 Å². The summed E-state index contributed by atoms with van der Waals surface area (Å²) in [6.45, 7) is 2.38. The largest absolute Gasteiger partial charge is 0.489 e. The van der Waals surface area contributed by atoms with E-state index in [9.17, 15) is 13.2 Å². The van der Waals surface area contributed by atoms with Gasteiger partial charge >= 0.3 is 6.18 Å². The molecule has 3 nitrogen and oxygen atoms in total. The zero-order chi connectivity index (χ0) is 21.1. The second-order valence-corrected chi connectivity index (χ2v) is 7.14. The van der Waals surface area contributed by atoms with E-state index in [1.807, 2.05) is 60.4 Å². The molecule has 0 aliphatic carbocycles. The molecule has 154 valence electrons. The normalized spacial score (nSPS) is 16.5. The Morgan fingerprint density at radius 3 is 2.50 bits per heavy atom. The van der Waals surface area contributed by atoms with E-state index in [-0.39, 0.29) is 0 Å². The number of halogens is 3. The first-order valence-corrected chi connectivity index (χ1v) is 9.58. The molecule has 1 aliphatic rings. The summed E-state index contributed by atoms with van der Waals surface area (Å²) < 4.78 is 45.7. The van der Waals surface area contributed by atoms with Crippen LogP contribution in [0.25, 0.3) is 0 Å². The molecule has 0 bridgehead atoms. The van der Waals surface area contributed by atoms with Crippen molar-refractivity contribution in [2.45, 2.75) is 25.7 Å². The van der Waals surface area contributed by atoms with Crippen molar-refractivity contribution in [3.63, 3.8) is 0 Å². The van der Waals surface area contributed by atoms with Crippen LogP contribution in [0, 0.1) is 6.92 Å². The second kappa shape index (κ2) is 8.14. The lowest BCUT2D eigenvalue weighted by molar-refractivity contribution is -0.0887. The predicted molar refractivity (Wildman–Crippen MR) is 111 cm³/mol. The van der Waals surface area contributed by atoms with Gasteiger partial charge in [0.25, 0.3) is 0 Å². The van der Waals surface area contributed by atoms with Gasteiger partial charge < -0.3 is 14.6 Å². The van der Waals surface area contributed by atoms with Crippen molar-refractivity contribution in [3.8, 4) is 5.75 Å². The van der Waals surface area contributed by atoms with Gasteiger partial charge in [-0.1, -0.05) is 30.3 Å². The fourth-order valence-electron chi connectivity index (χ4n) is 3.45. The highest BCUT2D eigenvalue weighted by molar-refractivity contribution is 5.59. The minimum absolute atomic E-state index is 0.452. The molecule has 0 amide bonds. The summed E-state index contributed by atoms with van der Waals surface area (Å²) in [5.41, 5.74) is 2.79. The van der Waals surface area contributed by atoms with Crippen LogP contribution in [-0.4, -0.2) is 11.2 Å². The fraction of sp³-hybridized carbons (Fsp3) is 0.167. The number of allylic oxidation sites excluding steroid dienone is 2. The van der Waals surface area contributed by atoms with Crippen LogP contribution in [0.15, 0.2) is 90.8 Å². The third-order valence-corrected chi connectivity index (χ3v) is 5.01. The summed E-state index contributed by atoms with van der Waals surface area (Å²) >= 11 is 0.